The highest BCUT2D eigenvalue weighted by molar-refractivity contribution is 5.98. The summed E-state index contributed by atoms with van der Waals surface area (Å²) in [7, 11) is 0. The molecule has 0 spiro atoms. The lowest BCUT2D eigenvalue weighted by Crippen LogP contribution is -2.27. The number of aliphatic hydroxyl groups is 1. The van der Waals surface area contributed by atoms with Crippen molar-refractivity contribution in [1.82, 2.24) is 0 Å². The van der Waals surface area contributed by atoms with Gasteiger partial charge in [-0.3, -0.25) is 9.59 Å². The second kappa shape index (κ2) is 4.08. The number of ketones is 1. The van der Waals surface area contributed by atoms with Gasteiger partial charge < -0.3 is 10.2 Å². The van der Waals surface area contributed by atoms with Gasteiger partial charge >= 0.3 is 5.97 Å². The van der Waals surface area contributed by atoms with Crippen molar-refractivity contribution in [1.29, 1.82) is 0 Å². The van der Waals surface area contributed by atoms with Gasteiger partial charge in [0, 0.05) is 5.92 Å². The van der Waals surface area contributed by atoms with Crippen molar-refractivity contribution in [3.63, 3.8) is 0 Å². The monoisotopic (exact) mass is 160 g/mol. The van der Waals surface area contributed by atoms with Crippen LogP contribution in [0.2, 0.25) is 0 Å². The number of aliphatic hydroxyl groups excluding tert-OH is 1. The van der Waals surface area contributed by atoms with Crippen molar-refractivity contribution < 1.29 is 19.8 Å². The molecule has 0 rings (SSSR count). The Morgan fingerprint density at radius 2 is 1.82 bits per heavy atom. The van der Waals surface area contributed by atoms with Gasteiger partial charge in [-0.1, -0.05) is 6.92 Å². The molecule has 0 aromatic rings. The topological polar surface area (TPSA) is 74.6 Å². The second-order valence-electron chi connectivity index (χ2n) is 2.55. The molecule has 0 saturated carbocycles. The van der Waals surface area contributed by atoms with Gasteiger partial charge in [0.15, 0.2) is 5.78 Å². The maximum atomic E-state index is 11.0. The Morgan fingerprint density at radius 1 is 1.36 bits per heavy atom. The molecule has 4 nitrogen and oxygen atoms in total. The quantitative estimate of drug-likeness (QED) is 0.563. The fourth-order valence-electron chi connectivity index (χ4n) is 0.638. The van der Waals surface area contributed by atoms with Crippen LogP contribution in [0.1, 0.15) is 13.8 Å². The van der Waals surface area contributed by atoms with Crippen LogP contribution < -0.4 is 0 Å². The van der Waals surface area contributed by atoms with Crippen LogP contribution in [0.25, 0.3) is 0 Å². The molecule has 4 heteroatoms. The molecule has 0 fully saturated rings. The SMILES string of the molecule is CC(CO)C(=O)C(C)C(=O)O. The molecule has 2 N–H and O–H groups in total. The van der Waals surface area contributed by atoms with E-state index in [1.807, 2.05) is 0 Å². The van der Waals surface area contributed by atoms with E-state index in [1.165, 1.54) is 13.8 Å². The van der Waals surface area contributed by atoms with Gasteiger partial charge in [-0.05, 0) is 6.92 Å². The molecule has 2 atom stereocenters. The van der Waals surface area contributed by atoms with E-state index in [2.05, 4.69) is 0 Å². The fraction of sp³-hybridized carbons (Fsp3) is 0.714. The maximum Gasteiger partial charge on any atom is 0.313 e. The predicted molar refractivity (Wildman–Crippen MR) is 38.1 cm³/mol. The number of hydrogen-bond donors (Lipinski definition) is 2. The van der Waals surface area contributed by atoms with Crippen molar-refractivity contribution in [2.24, 2.45) is 11.8 Å². The third-order valence-corrected chi connectivity index (χ3v) is 1.56. The Kier molecular flexibility index (Phi) is 3.74. The first kappa shape index (κ1) is 10.1. The van der Waals surface area contributed by atoms with Gasteiger partial charge in [0.2, 0.25) is 0 Å². The van der Waals surface area contributed by atoms with Gasteiger partial charge in [0.25, 0.3) is 0 Å². The second-order valence-corrected chi connectivity index (χ2v) is 2.55. The molecule has 0 aliphatic rings. The van der Waals surface area contributed by atoms with Gasteiger partial charge in [-0.25, -0.2) is 0 Å². The molecule has 0 aliphatic carbocycles. The molecule has 11 heavy (non-hydrogen) atoms. The standard InChI is InChI=1S/C7H12O4/c1-4(3-8)6(9)5(2)7(10)11/h4-5,8H,3H2,1-2H3,(H,10,11). The highest BCUT2D eigenvalue weighted by atomic mass is 16.4. The highest BCUT2D eigenvalue weighted by Crippen LogP contribution is 2.06. The van der Waals surface area contributed by atoms with E-state index in [0.29, 0.717) is 0 Å². The molecule has 2 unspecified atom stereocenters. The first-order valence-corrected chi connectivity index (χ1v) is 3.38. The Labute approximate surface area is 64.8 Å². The number of aliphatic carboxylic acids is 1. The number of carboxylic acid groups (broad SMARTS) is 1. The number of carbonyl (C=O) groups excluding carboxylic acids is 1. The molecule has 0 bridgehead atoms. The van der Waals surface area contributed by atoms with E-state index in [4.69, 9.17) is 10.2 Å². The van der Waals surface area contributed by atoms with Crippen molar-refractivity contribution in [3.05, 3.63) is 0 Å². The van der Waals surface area contributed by atoms with E-state index >= 15 is 0 Å². The predicted octanol–water partition coefficient (Wildman–Crippen LogP) is -0.0954. The van der Waals surface area contributed by atoms with E-state index in [0.717, 1.165) is 0 Å². The summed E-state index contributed by atoms with van der Waals surface area (Å²) < 4.78 is 0. The summed E-state index contributed by atoms with van der Waals surface area (Å²) in [4.78, 5) is 21.2. The molecule has 64 valence electrons. The van der Waals surface area contributed by atoms with E-state index in [-0.39, 0.29) is 6.61 Å². The van der Waals surface area contributed by atoms with Crippen molar-refractivity contribution >= 4 is 11.8 Å². The lowest BCUT2D eigenvalue weighted by atomic mass is 9.96. The molecule has 0 aromatic carbocycles. The van der Waals surface area contributed by atoms with Crippen LogP contribution in [0.15, 0.2) is 0 Å². The number of carbonyl (C=O) groups is 2. The zero-order valence-electron chi connectivity index (χ0n) is 6.57. The van der Waals surface area contributed by atoms with Gasteiger partial charge in [0.1, 0.15) is 5.92 Å². The van der Waals surface area contributed by atoms with Crippen LogP contribution in [0, 0.1) is 11.8 Å². The maximum absolute atomic E-state index is 11.0. The third-order valence-electron chi connectivity index (χ3n) is 1.56. The fourth-order valence-corrected chi connectivity index (χ4v) is 0.638. The summed E-state index contributed by atoms with van der Waals surface area (Å²) in [6, 6.07) is 0. The number of hydrogen-bond acceptors (Lipinski definition) is 3. The summed E-state index contributed by atoms with van der Waals surface area (Å²) in [5.74, 6) is -3.17. The first-order chi connectivity index (χ1) is 5.00. The molecular weight excluding hydrogens is 148 g/mol. The van der Waals surface area contributed by atoms with E-state index in [1.54, 1.807) is 0 Å². The lowest BCUT2D eigenvalue weighted by molar-refractivity contribution is -0.146. The van der Waals surface area contributed by atoms with Crippen LogP contribution in [-0.2, 0) is 9.59 Å². The van der Waals surface area contributed by atoms with E-state index in [9.17, 15) is 9.59 Å². The molecule has 0 aromatic heterocycles. The molecule has 0 radical (unpaired) electrons. The summed E-state index contributed by atoms with van der Waals surface area (Å²) in [6.07, 6.45) is 0. The normalized spacial score (nSPS) is 15.5. The van der Waals surface area contributed by atoms with Gasteiger partial charge in [0.05, 0.1) is 6.61 Å². The Hall–Kier alpha value is -0.900. The minimum atomic E-state index is -1.14. The zero-order chi connectivity index (χ0) is 9.02. The third kappa shape index (κ3) is 2.67. The van der Waals surface area contributed by atoms with Crippen molar-refractivity contribution in [2.45, 2.75) is 13.8 Å². The average Bonchev–Trinajstić information content (AvgIpc) is 2.00. The number of Topliss-reactive ketones (excluding diaryl/α,β-unsaturated/α-hetero) is 1. The molecule has 0 saturated heterocycles. The van der Waals surface area contributed by atoms with Crippen LogP contribution in [0.5, 0.6) is 0 Å². The number of carboxylic acids is 1. The first-order valence-electron chi connectivity index (χ1n) is 3.38. The smallest absolute Gasteiger partial charge is 0.313 e. The molecular formula is C7H12O4. The Bertz CT molecular complexity index is 164. The summed E-state index contributed by atoms with van der Waals surface area (Å²) in [5, 5.41) is 16.9. The lowest BCUT2D eigenvalue weighted by Gasteiger charge is -2.09. The largest absolute Gasteiger partial charge is 0.481 e. The summed E-state index contributed by atoms with van der Waals surface area (Å²) in [6.45, 7) is 2.52. The van der Waals surface area contributed by atoms with Gasteiger partial charge in [-0.15, -0.1) is 0 Å². The van der Waals surface area contributed by atoms with Crippen molar-refractivity contribution in [2.75, 3.05) is 6.61 Å². The van der Waals surface area contributed by atoms with Crippen LogP contribution in [0.4, 0.5) is 0 Å². The summed E-state index contributed by atoms with van der Waals surface area (Å²) >= 11 is 0. The van der Waals surface area contributed by atoms with E-state index < -0.39 is 23.6 Å². The molecule has 0 aliphatic heterocycles. The Balaban J connectivity index is 4.13. The van der Waals surface area contributed by atoms with Crippen LogP contribution in [-0.4, -0.2) is 28.6 Å². The van der Waals surface area contributed by atoms with Gasteiger partial charge in [-0.2, -0.15) is 0 Å². The molecule has 0 amide bonds. The highest BCUT2D eigenvalue weighted by Gasteiger charge is 2.24. The van der Waals surface area contributed by atoms with Crippen LogP contribution >= 0.6 is 0 Å². The van der Waals surface area contributed by atoms with Crippen molar-refractivity contribution in [3.8, 4) is 0 Å². The Morgan fingerprint density at radius 3 is 2.09 bits per heavy atom. The number of rotatable bonds is 4. The minimum absolute atomic E-state index is 0.295. The van der Waals surface area contributed by atoms with Crippen LogP contribution in [0.3, 0.4) is 0 Å². The summed E-state index contributed by atoms with van der Waals surface area (Å²) in [5.41, 5.74) is 0. The molecule has 0 heterocycles. The minimum Gasteiger partial charge on any atom is -0.481 e. The average molecular weight is 160 g/mol. The zero-order valence-corrected chi connectivity index (χ0v) is 6.57.